The fourth-order valence-corrected chi connectivity index (χ4v) is 3.22. The molecule has 0 saturated carbocycles. The SMILES string of the molecule is CC(C)C(=O)N1CCC2C(CCCN2C)C1. The molecule has 0 radical (unpaired) electrons. The fourth-order valence-electron chi connectivity index (χ4n) is 3.22. The van der Waals surface area contributed by atoms with Crippen LogP contribution in [0.5, 0.6) is 0 Å². The lowest BCUT2D eigenvalue weighted by atomic mass is 9.84. The minimum atomic E-state index is 0.151. The summed E-state index contributed by atoms with van der Waals surface area (Å²) in [5, 5.41) is 0. The van der Waals surface area contributed by atoms with Crippen molar-refractivity contribution < 1.29 is 4.79 Å². The van der Waals surface area contributed by atoms with E-state index in [0.717, 1.165) is 25.0 Å². The van der Waals surface area contributed by atoms with Crippen LogP contribution in [-0.4, -0.2) is 48.4 Å². The van der Waals surface area contributed by atoms with Gasteiger partial charge in [0.05, 0.1) is 0 Å². The van der Waals surface area contributed by atoms with Gasteiger partial charge in [0, 0.05) is 25.0 Å². The van der Waals surface area contributed by atoms with E-state index in [1.54, 1.807) is 0 Å². The normalized spacial score (nSPS) is 31.6. The molecule has 2 atom stereocenters. The maximum atomic E-state index is 12.0. The number of amides is 1. The molecule has 3 heteroatoms. The Kier molecular flexibility index (Phi) is 3.53. The molecular formula is C13H24N2O. The van der Waals surface area contributed by atoms with Crippen LogP contribution in [0.2, 0.25) is 0 Å². The van der Waals surface area contributed by atoms with Gasteiger partial charge in [-0.25, -0.2) is 0 Å². The summed E-state index contributed by atoms with van der Waals surface area (Å²) in [4.78, 5) is 16.5. The molecule has 0 aromatic rings. The lowest BCUT2D eigenvalue weighted by molar-refractivity contribution is -0.138. The summed E-state index contributed by atoms with van der Waals surface area (Å²) in [5.41, 5.74) is 0. The molecule has 2 aliphatic heterocycles. The zero-order chi connectivity index (χ0) is 11.7. The first-order chi connectivity index (χ1) is 7.59. The van der Waals surface area contributed by atoms with Crippen molar-refractivity contribution in [2.24, 2.45) is 11.8 Å². The highest BCUT2D eigenvalue weighted by molar-refractivity contribution is 5.78. The first-order valence-electron chi connectivity index (χ1n) is 6.58. The van der Waals surface area contributed by atoms with Gasteiger partial charge in [-0.15, -0.1) is 0 Å². The van der Waals surface area contributed by atoms with Crippen molar-refractivity contribution in [1.82, 2.24) is 9.80 Å². The van der Waals surface area contributed by atoms with Gasteiger partial charge in [-0.1, -0.05) is 13.8 Å². The predicted molar refractivity (Wildman–Crippen MR) is 65.2 cm³/mol. The average Bonchev–Trinajstić information content (AvgIpc) is 2.28. The van der Waals surface area contributed by atoms with Crippen LogP contribution in [0.15, 0.2) is 0 Å². The second kappa shape index (κ2) is 4.74. The topological polar surface area (TPSA) is 23.6 Å². The summed E-state index contributed by atoms with van der Waals surface area (Å²) >= 11 is 0. The Hall–Kier alpha value is -0.570. The Bertz CT molecular complexity index is 265. The molecule has 2 fully saturated rings. The summed E-state index contributed by atoms with van der Waals surface area (Å²) in [6.07, 6.45) is 3.76. The standard InChI is InChI=1S/C13H24N2O/c1-10(2)13(16)15-8-6-12-11(9-15)5-4-7-14(12)3/h10-12H,4-9H2,1-3H3. The molecule has 2 unspecified atom stereocenters. The highest BCUT2D eigenvalue weighted by Crippen LogP contribution is 2.29. The van der Waals surface area contributed by atoms with E-state index in [-0.39, 0.29) is 5.92 Å². The van der Waals surface area contributed by atoms with Gasteiger partial charge < -0.3 is 9.80 Å². The van der Waals surface area contributed by atoms with Crippen molar-refractivity contribution in [3.8, 4) is 0 Å². The Morgan fingerprint density at radius 2 is 2.00 bits per heavy atom. The number of rotatable bonds is 1. The summed E-state index contributed by atoms with van der Waals surface area (Å²) in [6, 6.07) is 0.727. The largest absolute Gasteiger partial charge is 0.342 e. The van der Waals surface area contributed by atoms with Crippen molar-refractivity contribution in [3.05, 3.63) is 0 Å². The molecule has 2 rings (SSSR count). The Balaban J connectivity index is 1.97. The number of carbonyl (C=O) groups is 1. The monoisotopic (exact) mass is 224 g/mol. The van der Waals surface area contributed by atoms with Crippen molar-refractivity contribution in [1.29, 1.82) is 0 Å². The first kappa shape index (κ1) is 11.9. The molecule has 0 aromatic carbocycles. The number of fused-ring (bicyclic) bond motifs is 1. The van der Waals surface area contributed by atoms with E-state index in [0.29, 0.717) is 5.91 Å². The van der Waals surface area contributed by atoms with Crippen LogP contribution in [-0.2, 0) is 4.79 Å². The first-order valence-corrected chi connectivity index (χ1v) is 6.58. The van der Waals surface area contributed by atoms with Crippen LogP contribution in [0.1, 0.15) is 33.1 Å². The summed E-state index contributed by atoms with van der Waals surface area (Å²) < 4.78 is 0. The van der Waals surface area contributed by atoms with E-state index in [1.165, 1.54) is 25.8 Å². The van der Waals surface area contributed by atoms with Crippen molar-refractivity contribution >= 4 is 5.91 Å². The van der Waals surface area contributed by atoms with E-state index >= 15 is 0 Å². The van der Waals surface area contributed by atoms with Gasteiger partial charge in [-0.3, -0.25) is 4.79 Å². The summed E-state index contributed by atoms with van der Waals surface area (Å²) in [7, 11) is 2.23. The predicted octanol–water partition coefficient (Wildman–Crippen LogP) is 1.59. The van der Waals surface area contributed by atoms with Gasteiger partial charge in [0.2, 0.25) is 5.91 Å². The average molecular weight is 224 g/mol. The third-order valence-corrected chi connectivity index (χ3v) is 4.15. The molecule has 2 saturated heterocycles. The molecule has 16 heavy (non-hydrogen) atoms. The third kappa shape index (κ3) is 2.24. The van der Waals surface area contributed by atoms with E-state index in [2.05, 4.69) is 16.8 Å². The van der Waals surface area contributed by atoms with Gasteiger partial charge in [-0.05, 0) is 38.8 Å². The molecule has 0 N–H and O–H groups in total. The molecule has 3 nitrogen and oxygen atoms in total. The summed E-state index contributed by atoms with van der Waals surface area (Å²) in [6.45, 7) is 7.19. The van der Waals surface area contributed by atoms with Crippen LogP contribution >= 0.6 is 0 Å². The van der Waals surface area contributed by atoms with Crippen molar-refractivity contribution in [3.63, 3.8) is 0 Å². The Morgan fingerprint density at radius 1 is 1.25 bits per heavy atom. The number of likely N-dealkylation sites (tertiary alicyclic amines) is 2. The second-order valence-electron chi connectivity index (χ2n) is 5.68. The lowest BCUT2D eigenvalue weighted by Gasteiger charge is -2.46. The molecule has 0 aliphatic carbocycles. The molecule has 2 aliphatic rings. The van der Waals surface area contributed by atoms with Gasteiger partial charge in [-0.2, -0.15) is 0 Å². The van der Waals surface area contributed by atoms with Crippen LogP contribution < -0.4 is 0 Å². The van der Waals surface area contributed by atoms with Gasteiger partial charge in [0.15, 0.2) is 0 Å². The number of piperidine rings is 2. The zero-order valence-corrected chi connectivity index (χ0v) is 10.8. The van der Waals surface area contributed by atoms with Gasteiger partial charge in [0.25, 0.3) is 0 Å². The molecule has 92 valence electrons. The quantitative estimate of drug-likeness (QED) is 0.675. The van der Waals surface area contributed by atoms with Crippen LogP contribution in [0.4, 0.5) is 0 Å². The maximum absolute atomic E-state index is 12.0. The molecule has 1 amide bonds. The van der Waals surface area contributed by atoms with Gasteiger partial charge >= 0.3 is 0 Å². The minimum Gasteiger partial charge on any atom is -0.342 e. The van der Waals surface area contributed by atoms with Crippen LogP contribution in [0.25, 0.3) is 0 Å². The zero-order valence-electron chi connectivity index (χ0n) is 10.8. The highest BCUT2D eigenvalue weighted by atomic mass is 16.2. The molecule has 2 heterocycles. The lowest BCUT2D eigenvalue weighted by Crippen LogP contribution is -2.54. The van der Waals surface area contributed by atoms with E-state index < -0.39 is 0 Å². The number of hydrogen-bond acceptors (Lipinski definition) is 2. The maximum Gasteiger partial charge on any atom is 0.225 e. The van der Waals surface area contributed by atoms with Crippen molar-refractivity contribution in [2.75, 3.05) is 26.7 Å². The van der Waals surface area contributed by atoms with E-state index in [9.17, 15) is 4.79 Å². The molecule has 0 spiro atoms. The highest BCUT2D eigenvalue weighted by Gasteiger charge is 2.35. The number of nitrogens with zero attached hydrogens (tertiary/aromatic N) is 2. The Morgan fingerprint density at radius 3 is 2.69 bits per heavy atom. The molecule has 0 bridgehead atoms. The molecular weight excluding hydrogens is 200 g/mol. The van der Waals surface area contributed by atoms with E-state index in [1.807, 2.05) is 13.8 Å². The van der Waals surface area contributed by atoms with Crippen LogP contribution in [0, 0.1) is 11.8 Å². The third-order valence-electron chi connectivity index (χ3n) is 4.15. The van der Waals surface area contributed by atoms with Crippen molar-refractivity contribution in [2.45, 2.75) is 39.2 Å². The molecule has 0 aromatic heterocycles. The number of hydrogen-bond donors (Lipinski definition) is 0. The fraction of sp³-hybridized carbons (Fsp3) is 0.923. The number of carbonyl (C=O) groups excluding carboxylic acids is 1. The van der Waals surface area contributed by atoms with E-state index in [4.69, 9.17) is 0 Å². The minimum absolute atomic E-state index is 0.151. The summed E-state index contributed by atoms with van der Waals surface area (Å²) in [5.74, 6) is 1.21. The smallest absolute Gasteiger partial charge is 0.225 e. The Labute approximate surface area is 98.8 Å². The van der Waals surface area contributed by atoms with Gasteiger partial charge in [0.1, 0.15) is 0 Å². The second-order valence-corrected chi connectivity index (χ2v) is 5.68. The van der Waals surface area contributed by atoms with Crippen LogP contribution in [0.3, 0.4) is 0 Å².